The van der Waals surface area contributed by atoms with Gasteiger partial charge in [0.15, 0.2) is 0 Å². The standard InChI is InChI=1S/C17H24N4O4/c22-12-11-18-7-9-19(10-8-18)14-3-4-16(21(24)25)15(13-14)17(23)20-5-1-2-6-20/h3-4,13,22H,1-2,5-12H2. The van der Waals surface area contributed by atoms with Gasteiger partial charge in [0.1, 0.15) is 5.56 Å². The van der Waals surface area contributed by atoms with Gasteiger partial charge in [-0.15, -0.1) is 0 Å². The number of nitro groups is 1. The molecule has 2 fully saturated rings. The summed E-state index contributed by atoms with van der Waals surface area (Å²) < 4.78 is 0. The van der Waals surface area contributed by atoms with Crippen molar-refractivity contribution in [2.45, 2.75) is 12.8 Å². The maximum Gasteiger partial charge on any atom is 0.282 e. The van der Waals surface area contributed by atoms with Crippen LogP contribution in [0.5, 0.6) is 0 Å². The first-order chi connectivity index (χ1) is 12.1. The summed E-state index contributed by atoms with van der Waals surface area (Å²) in [6, 6.07) is 4.83. The molecule has 1 amide bonds. The lowest BCUT2D eigenvalue weighted by molar-refractivity contribution is -0.385. The summed E-state index contributed by atoms with van der Waals surface area (Å²) in [7, 11) is 0. The van der Waals surface area contributed by atoms with E-state index in [4.69, 9.17) is 5.11 Å². The first-order valence-electron chi connectivity index (χ1n) is 8.76. The first-order valence-corrected chi connectivity index (χ1v) is 8.76. The highest BCUT2D eigenvalue weighted by Crippen LogP contribution is 2.28. The molecule has 0 aliphatic carbocycles. The molecule has 3 rings (SSSR count). The van der Waals surface area contributed by atoms with Gasteiger partial charge in [0, 0.05) is 57.6 Å². The maximum absolute atomic E-state index is 12.7. The fourth-order valence-electron chi connectivity index (χ4n) is 3.51. The molecular formula is C17H24N4O4. The van der Waals surface area contributed by atoms with Crippen molar-refractivity contribution in [1.29, 1.82) is 0 Å². The Bertz CT molecular complexity index is 638. The van der Waals surface area contributed by atoms with Gasteiger partial charge in [-0.05, 0) is 25.0 Å². The Morgan fingerprint density at radius 1 is 1.12 bits per heavy atom. The van der Waals surface area contributed by atoms with E-state index in [1.807, 2.05) is 0 Å². The van der Waals surface area contributed by atoms with Crippen LogP contribution in [0, 0.1) is 10.1 Å². The van der Waals surface area contributed by atoms with Crippen LogP contribution in [0.4, 0.5) is 11.4 Å². The van der Waals surface area contributed by atoms with Gasteiger partial charge in [-0.2, -0.15) is 0 Å². The highest BCUT2D eigenvalue weighted by molar-refractivity contribution is 5.99. The summed E-state index contributed by atoms with van der Waals surface area (Å²) in [4.78, 5) is 29.6. The van der Waals surface area contributed by atoms with Gasteiger partial charge < -0.3 is 14.9 Å². The molecule has 0 saturated carbocycles. The fourth-order valence-corrected chi connectivity index (χ4v) is 3.51. The molecule has 0 unspecified atom stereocenters. The molecule has 25 heavy (non-hydrogen) atoms. The predicted molar refractivity (Wildman–Crippen MR) is 94.0 cm³/mol. The number of piperazine rings is 1. The molecule has 0 aromatic heterocycles. The molecule has 1 aromatic rings. The summed E-state index contributed by atoms with van der Waals surface area (Å²) >= 11 is 0. The third kappa shape index (κ3) is 3.91. The number of benzene rings is 1. The minimum atomic E-state index is -0.480. The zero-order valence-electron chi connectivity index (χ0n) is 14.3. The van der Waals surface area contributed by atoms with Gasteiger partial charge >= 0.3 is 0 Å². The van der Waals surface area contributed by atoms with E-state index in [0.29, 0.717) is 19.6 Å². The molecule has 1 N–H and O–H groups in total. The predicted octanol–water partition coefficient (Wildman–Crippen LogP) is 0.945. The van der Waals surface area contributed by atoms with E-state index >= 15 is 0 Å². The van der Waals surface area contributed by atoms with Crippen molar-refractivity contribution in [3.8, 4) is 0 Å². The normalized spacial score (nSPS) is 18.6. The van der Waals surface area contributed by atoms with Crippen molar-refractivity contribution in [3.05, 3.63) is 33.9 Å². The lowest BCUT2D eigenvalue weighted by Gasteiger charge is -2.36. The molecular weight excluding hydrogens is 324 g/mol. The third-order valence-electron chi connectivity index (χ3n) is 4.95. The van der Waals surface area contributed by atoms with Crippen LogP contribution < -0.4 is 4.90 Å². The Balaban J connectivity index is 1.81. The van der Waals surface area contributed by atoms with Gasteiger partial charge in [-0.25, -0.2) is 0 Å². The molecule has 0 spiro atoms. The van der Waals surface area contributed by atoms with Crippen molar-refractivity contribution < 1.29 is 14.8 Å². The molecule has 0 bridgehead atoms. The van der Waals surface area contributed by atoms with Crippen LogP contribution in [-0.2, 0) is 0 Å². The van der Waals surface area contributed by atoms with Crippen molar-refractivity contribution in [3.63, 3.8) is 0 Å². The average Bonchev–Trinajstić information content (AvgIpc) is 3.16. The molecule has 8 nitrogen and oxygen atoms in total. The second-order valence-corrected chi connectivity index (χ2v) is 6.51. The van der Waals surface area contributed by atoms with Gasteiger partial charge in [-0.1, -0.05) is 0 Å². The maximum atomic E-state index is 12.7. The van der Waals surface area contributed by atoms with Crippen LogP contribution >= 0.6 is 0 Å². The molecule has 136 valence electrons. The molecule has 0 radical (unpaired) electrons. The fraction of sp³-hybridized carbons (Fsp3) is 0.588. The van der Waals surface area contributed by atoms with Gasteiger partial charge in [0.05, 0.1) is 11.5 Å². The number of hydrogen-bond donors (Lipinski definition) is 1. The Labute approximate surface area is 146 Å². The number of carbonyl (C=O) groups excluding carboxylic acids is 1. The number of amides is 1. The largest absolute Gasteiger partial charge is 0.395 e. The number of hydrogen-bond acceptors (Lipinski definition) is 6. The number of rotatable bonds is 5. The van der Waals surface area contributed by atoms with E-state index in [1.54, 1.807) is 17.0 Å². The van der Waals surface area contributed by atoms with Crippen LogP contribution in [-0.4, -0.2) is 78.2 Å². The summed E-state index contributed by atoms with van der Waals surface area (Å²) in [6.07, 6.45) is 1.90. The topological polar surface area (TPSA) is 90.2 Å². The van der Waals surface area contributed by atoms with Crippen molar-refractivity contribution in [1.82, 2.24) is 9.80 Å². The number of nitrogens with zero attached hydrogens (tertiary/aromatic N) is 4. The molecule has 8 heteroatoms. The Morgan fingerprint density at radius 3 is 2.40 bits per heavy atom. The Kier molecular flexibility index (Phi) is 5.50. The zero-order chi connectivity index (χ0) is 17.8. The number of carbonyl (C=O) groups is 1. The van der Waals surface area contributed by atoms with E-state index in [1.165, 1.54) is 6.07 Å². The lowest BCUT2D eigenvalue weighted by Crippen LogP contribution is -2.47. The van der Waals surface area contributed by atoms with Crippen molar-refractivity contribution >= 4 is 17.3 Å². The van der Waals surface area contributed by atoms with Gasteiger partial charge in [-0.3, -0.25) is 19.8 Å². The summed E-state index contributed by atoms with van der Waals surface area (Å²) in [5.41, 5.74) is 0.901. The monoisotopic (exact) mass is 348 g/mol. The minimum Gasteiger partial charge on any atom is -0.395 e. The summed E-state index contributed by atoms with van der Waals surface area (Å²) in [6.45, 7) is 5.34. The first kappa shape index (κ1) is 17.6. The third-order valence-corrected chi connectivity index (χ3v) is 4.95. The molecule has 2 aliphatic heterocycles. The quantitative estimate of drug-likeness (QED) is 0.629. The Morgan fingerprint density at radius 2 is 1.80 bits per heavy atom. The molecule has 2 heterocycles. The number of anilines is 1. The number of nitro benzene ring substituents is 1. The van der Waals surface area contributed by atoms with E-state index in [-0.39, 0.29) is 23.8 Å². The second-order valence-electron chi connectivity index (χ2n) is 6.51. The average molecular weight is 348 g/mol. The van der Waals surface area contributed by atoms with E-state index in [2.05, 4.69) is 9.80 Å². The van der Waals surface area contributed by atoms with Crippen LogP contribution in [0.2, 0.25) is 0 Å². The van der Waals surface area contributed by atoms with Crippen LogP contribution in [0.3, 0.4) is 0 Å². The van der Waals surface area contributed by atoms with E-state index < -0.39 is 4.92 Å². The smallest absolute Gasteiger partial charge is 0.282 e. The van der Waals surface area contributed by atoms with Gasteiger partial charge in [0.25, 0.3) is 11.6 Å². The van der Waals surface area contributed by atoms with E-state index in [0.717, 1.165) is 44.7 Å². The molecule has 1 aromatic carbocycles. The van der Waals surface area contributed by atoms with Crippen LogP contribution in [0.1, 0.15) is 23.2 Å². The number of β-amino-alcohol motifs (C(OH)–C–C–N with tert-alkyl or cyclic N) is 1. The highest BCUT2D eigenvalue weighted by atomic mass is 16.6. The molecule has 0 atom stereocenters. The number of likely N-dealkylation sites (tertiary alicyclic amines) is 1. The van der Waals surface area contributed by atoms with E-state index in [9.17, 15) is 14.9 Å². The van der Waals surface area contributed by atoms with Crippen molar-refractivity contribution in [2.24, 2.45) is 0 Å². The molecule has 2 saturated heterocycles. The van der Waals surface area contributed by atoms with Gasteiger partial charge in [0.2, 0.25) is 0 Å². The SMILES string of the molecule is O=C(c1cc(N2CCN(CCO)CC2)ccc1[N+](=O)[O-])N1CCCC1. The highest BCUT2D eigenvalue weighted by Gasteiger charge is 2.28. The van der Waals surface area contributed by atoms with Crippen molar-refractivity contribution in [2.75, 3.05) is 57.3 Å². The number of aliphatic hydroxyl groups excluding tert-OH is 1. The lowest BCUT2D eigenvalue weighted by atomic mass is 10.1. The van der Waals surface area contributed by atoms with Crippen LogP contribution in [0.15, 0.2) is 18.2 Å². The molecule has 2 aliphatic rings. The summed E-state index contributed by atoms with van der Waals surface area (Å²) in [5.74, 6) is -0.245. The minimum absolute atomic E-state index is 0.125. The second kappa shape index (κ2) is 7.79. The van der Waals surface area contributed by atoms with Crippen LogP contribution in [0.25, 0.3) is 0 Å². The summed E-state index contributed by atoms with van der Waals surface area (Å²) in [5, 5.41) is 20.4. The number of aliphatic hydroxyl groups is 1. The zero-order valence-corrected chi connectivity index (χ0v) is 14.3. The Hall–Kier alpha value is -2.19.